The fourth-order valence-electron chi connectivity index (χ4n) is 3.06. The van der Waals surface area contributed by atoms with Crippen LogP contribution in [-0.2, 0) is 4.79 Å². The average Bonchev–Trinajstić information content (AvgIpc) is 2.92. The third kappa shape index (κ3) is 4.06. The Balaban J connectivity index is 1.99. The number of anilines is 1. The first-order chi connectivity index (χ1) is 9.97. The molecule has 1 aliphatic rings. The summed E-state index contributed by atoms with van der Waals surface area (Å²) in [7, 11) is 0. The molecule has 1 aliphatic carbocycles. The molecule has 4 heteroatoms. The van der Waals surface area contributed by atoms with Crippen molar-refractivity contribution >= 4 is 17.6 Å². The predicted octanol–water partition coefficient (Wildman–Crippen LogP) is 3.91. The van der Waals surface area contributed by atoms with E-state index in [1.54, 1.807) is 19.1 Å². The largest absolute Gasteiger partial charge is 0.478 e. The monoisotopic (exact) mass is 289 g/mol. The first-order valence-electron chi connectivity index (χ1n) is 7.61. The molecule has 0 radical (unpaired) electrons. The lowest BCUT2D eigenvalue weighted by atomic mass is 10.0. The minimum atomic E-state index is -0.964. The highest BCUT2D eigenvalue weighted by molar-refractivity contribution is 5.95. The molecule has 2 N–H and O–H groups in total. The number of nitrogens with one attached hydrogen (secondary N) is 1. The lowest BCUT2D eigenvalue weighted by Crippen LogP contribution is -2.14. The summed E-state index contributed by atoms with van der Waals surface area (Å²) in [4.78, 5) is 23.2. The third-order valence-electron chi connectivity index (χ3n) is 4.33. The third-order valence-corrected chi connectivity index (χ3v) is 4.33. The molecule has 4 nitrogen and oxygen atoms in total. The maximum absolute atomic E-state index is 12.0. The molecule has 0 aliphatic heterocycles. The molecule has 0 unspecified atom stereocenters. The van der Waals surface area contributed by atoms with E-state index in [1.807, 2.05) is 6.92 Å². The van der Waals surface area contributed by atoms with Crippen molar-refractivity contribution in [3.63, 3.8) is 0 Å². The van der Waals surface area contributed by atoms with Crippen LogP contribution >= 0.6 is 0 Å². The van der Waals surface area contributed by atoms with Gasteiger partial charge in [-0.1, -0.05) is 31.7 Å². The summed E-state index contributed by atoms with van der Waals surface area (Å²) in [6, 6.07) is 3.36. The predicted molar refractivity (Wildman–Crippen MR) is 82.7 cm³/mol. The minimum Gasteiger partial charge on any atom is -0.478 e. The number of aryl methyl sites for hydroxylation is 2. The molecule has 0 saturated heterocycles. The summed E-state index contributed by atoms with van der Waals surface area (Å²) in [5, 5.41) is 12.0. The maximum Gasteiger partial charge on any atom is 0.336 e. The van der Waals surface area contributed by atoms with Gasteiger partial charge in [-0.15, -0.1) is 0 Å². The van der Waals surface area contributed by atoms with Crippen molar-refractivity contribution in [1.29, 1.82) is 0 Å². The Labute approximate surface area is 125 Å². The molecule has 1 amide bonds. The van der Waals surface area contributed by atoms with Gasteiger partial charge in [0.05, 0.1) is 5.56 Å². The zero-order valence-corrected chi connectivity index (χ0v) is 12.7. The summed E-state index contributed by atoms with van der Waals surface area (Å²) < 4.78 is 0. The zero-order valence-electron chi connectivity index (χ0n) is 12.7. The Morgan fingerprint density at radius 2 is 1.86 bits per heavy atom. The second-order valence-electron chi connectivity index (χ2n) is 6.02. The van der Waals surface area contributed by atoms with E-state index < -0.39 is 5.97 Å². The molecule has 1 saturated carbocycles. The molecular formula is C17H23NO3. The number of rotatable bonds is 5. The molecule has 114 valence electrons. The van der Waals surface area contributed by atoms with Crippen molar-refractivity contribution in [1.82, 2.24) is 0 Å². The quantitative estimate of drug-likeness (QED) is 0.863. The summed E-state index contributed by atoms with van der Waals surface area (Å²) in [6.07, 6.45) is 6.49. The summed E-state index contributed by atoms with van der Waals surface area (Å²) in [6.45, 7) is 3.65. The number of benzene rings is 1. The zero-order chi connectivity index (χ0) is 15.4. The number of carboxylic acids is 1. The van der Waals surface area contributed by atoms with E-state index in [1.165, 1.54) is 25.7 Å². The normalized spacial score (nSPS) is 15.1. The van der Waals surface area contributed by atoms with Crippen LogP contribution in [0.25, 0.3) is 0 Å². The second kappa shape index (κ2) is 6.74. The Kier molecular flexibility index (Phi) is 4.99. The first kappa shape index (κ1) is 15.5. The fraction of sp³-hybridized carbons (Fsp3) is 0.529. The van der Waals surface area contributed by atoms with Crippen molar-refractivity contribution in [2.75, 3.05) is 5.32 Å². The molecule has 1 fully saturated rings. The second-order valence-corrected chi connectivity index (χ2v) is 6.02. The number of carbonyl (C=O) groups excluding carboxylic acids is 1. The molecule has 0 aromatic heterocycles. The van der Waals surface area contributed by atoms with E-state index >= 15 is 0 Å². The van der Waals surface area contributed by atoms with Gasteiger partial charge in [0.1, 0.15) is 0 Å². The van der Waals surface area contributed by atoms with E-state index in [4.69, 9.17) is 5.11 Å². The topological polar surface area (TPSA) is 66.4 Å². The van der Waals surface area contributed by atoms with Gasteiger partial charge in [-0.25, -0.2) is 4.79 Å². The molecule has 2 rings (SSSR count). The number of carbonyl (C=O) groups is 2. The van der Waals surface area contributed by atoms with E-state index in [9.17, 15) is 9.59 Å². The van der Waals surface area contributed by atoms with Crippen LogP contribution in [0.5, 0.6) is 0 Å². The SMILES string of the molecule is Cc1cc(C)c(C(=O)O)cc1NC(=O)CCC1CCCC1. The average molecular weight is 289 g/mol. The first-order valence-corrected chi connectivity index (χ1v) is 7.61. The molecule has 0 spiro atoms. The Morgan fingerprint density at radius 1 is 1.19 bits per heavy atom. The van der Waals surface area contributed by atoms with Crippen LogP contribution in [-0.4, -0.2) is 17.0 Å². The van der Waals surface area contributed by atoms with Crippen LogP contribution in [0.15, 0.2) is 12.1 Å². The van der Waals surface area contributed by atoms with Gasteiger partial charge in [-0.05, 0) is 43.4 Å². The van der Waals surface area contributed by atoms with Crippen molar-refractivity contribution in [2.24, 2.45) is 5.92 Å². The molecule has 1 aromatic carbocycles. The highest BCUT2D eigenvalue weighted by atomic mass is 16.4. The highest BCUT2D eigenvalue weighted by Gasteiger charge is 2.17. The van der Waals surface area contributed by atoms with Crippen LogP contribution < -0.4 is 5.32 Å². The molecule has 0 heterocycles. The van der Waals surface area contributed by atoms with Gasteiger partial charge < -0.3 is 10.4 Å². The maximum atomic E-state index is 12.0. The Hall–Kier alpha value is -1.84. The van der Waals surface area contributed by atoms with Gasteiger partial charge in [0.2, 0.25) is 5.91 Å². The molecule has 0 atom stereocenters. The smallest absolute Gasteiger partial charge is 0.336 e. The van der Waals surface area contributed by atoms with Gasteiger partial charge in [0.15, 0.2) is 0 Å². The van der Waals surface area contributed by atoms with E-state index in [0.29, 0.717) is 23.6 Å². The van der Waals surface area contributed by atoms with Crippen molar-refractivity contribution in [2.45, 2.75) is 52.4 Å². The number of hydrogen-bond donors (Lipinski definition) is 2. The highest BCUT2D eigenvalue weighted by Crippen LogP contribution is 2.29. The van der Waals surface area contributed by atoms with Crippen molar-refractivity contribution in [3.8, 4) is 0 Å². The lowest BCUT2D eigenvalue weighted by Gasteiger charge is -2.13. The van der Waals surface area contributed by atoms with Crippen LogP contribution in [0.4, 0.5) is 5.69 Å². The number of hydrogen-bond acceptors (Lipinski definition) is 2. The Morgan fingerprint density at radius 3 is 2.48 bits per heavy atom. The summed E-state index contributed by atoms with van der Waals surface area (Å²) >= 11 is 0. The number of carboxylic acid groups (broad SMARTS) is 1. The van der Waals surface area contributed by atoms with Gasteiger partial charge in [-0.2, -0.15) is 0 Å². The van der Waals surface area contributed by atoms with Crippen LogP contribution in [0.2, 0.25) is 0 Å². The van der Waals surface area contributed by atoms with Crippen LogP contribution in [0, 0.1) is 19.8 Å². The van der Waals surface area contributed by atoms with Crippen molar-refractivity contribution < 1.29 is 14.7 Å². The van der Waals surface area contributed by atoms with Gasteiger partial charge in [-0.3, -0.25) is 4.79 Å². The lowest BCUT2D eigenvalue weighted by molar-refractivity contribution is -0.116. The summed E-state index contributed by atoms with van der Waals surface area (Å²) in [5.41, 5.74) is 2.46. The van der Waals surface area contributed by atoms with E-state index in [0.717, 1.165) is 12.0 Å². The number of aromatic carboxylic acids is 1. The van der Waals surface area contributed by atoms with E-state index in [-0.39, 0.29) is 11.5 Å². The van der Waals surface area contributed by atoms with Crippen LogP contribution in [0.3, 0.4) is 0 Å². The molecule has 0 bridgehead atoms. The van der Waals surface area contributed by atoms with Gasteiger partial charge >= 0.3 is 5.97 Å². The molecule has 1 aromatic rings. The Bertz CT molecular complexity index is 545. The van der Waals surface area contributed by atoms with Gasteiger partial charge in [0.25, 0.3) is 0 Å². The molecular weight excluding hydrogens is 266 g/mol. The fourth-order valence-corrected chi connectivity index (χ4v) is 3.06. The van der Waals surface area contributed by atoms with Crippen molar-refractivity contribution in [3.05, 3.63) is 28.8 Å². The van der Waals surface area contributed by atoms with E-state index in [2.05, 4.69) is 5.32 Å². The molecule has 21 heavy (non-hydrogen) atoms. The summed E-state index contributed by atoms with van der Waals surface area (Å²) in [5.74, 6) is -0.302. The standard InChI is InChI=1S/C17H23NO3/c1-11-9-12(2)15(10-14(11)17(20)21)18-16(19)8-7-13-5-3-4-6-13/h9-10,13H,3-8H2,1-2H3,(H,18,19)(H,20,21). The van der Waals surface area contributed by atoms with Crippen LogP contribution in [0.1, 0.15) is 60.0 Å². The number of amides is 1. The van der Waals surface area contributed by atoms with Gasteiger partial charge in [0, 0.05) is 12.1 Å². The minimum absolute atomic E-state index is 0.0230.